The molecule has 0 unspecified atom stereocenters. The maximum absolute atomic E-state index is 12.6. The summed E-state index contributed by atoms with van der Waals surface area (Å²) in [6.07, 6.45) is 3.34. The molecule has 1 N–H and O–H groups in total. The Morgan fingerprint density at radius 2 is 1.81 bits per heavy atom. The molecule has 132 valence electrons. The third-order valence-electron chi connectivity index (χ3n) is 3.87. The predicted molar refractivity (Wildman–Crippen MR) is 105 cm³/mol. The van der Waals surface area contributed by atoms with E-state index in [1.165, 1.54) is 0 Å². The molecule has 2 heterocycles. The molecule has 7 heteroatoms. The molecule has 0 bridgehead atoms. The number of anilines is 1. The Bertz CT molecular complexity index is 1100. The second-order valence-electron chi connectivity index (χ2n) is 5.64. The van der Waals surface area contributed by atoms with Crippen LogP contribution in [0, 0.1) is 0 Å². The zero-order valence-electron chi connectivity index (χ0n) is 14.0. The topological polar surface area (TPSA) is 80.9 Å². The van der Waals surface area contributed by atoms with Gasteiger partial charge in [0.1, 0.15) is 0 Å². The summed E-state index contributed by atoms with van der Waals surface area (Å²) >= 11 is 3.40. The van der Waals surface area contributed by atoms with Crippen LogP contribution in [0.25, 0.3) is 22.8 Å². The number of amides is 1. The van der Waals surface area contributed by atoms with E-state index in [4.69, 9.17) is 4.52 Å². The van der Waals surface area contributed by atoms with E-state index in [0.717, 1.165) is 10.0 Å². The maximum Gasteiger partial charge on any atom is 0.260 e. The number of pyridine rings is 1. The Kier molecular flexibility index (Phi) is 4.76. The normalized spacial score (nSPS) is 10.6. The van der Waals surface area contributed by atoms with Crippen molar-refractivity contribution in [2.75, 3.05) is 5.32 Å². The smallest absolute Gasteiger partial charge is 0.260 e. The lowest BCUT2D eigenvalue weighted by molar-refractivity contribution is 0.102. The zero-order chi connectivity index (χ0) is 18.6. The molecule has 0 saturated carbocycles. The van der Waals surface area contributed by atoms with Crippen LogP contribution in [0.5, 0.6) is 0 Å². The molecule has 0 saturated heterocycles. The summed E-state index contributed by atoms with van der Waals surface area (Å²) in [6.45, 7) is 0. The summed E-state index contributed by atoms with van der Waals surface area (Å²) in [7, 11) is 0. The molecule has 6 nitrogen and oxygen atoms in total. The lowest BCUT2D eigenvalue weighted by Gasteiger charge is -2.09. The van der Waals surface area contributed by atoms with Gasteiger partial charge in [0.2, 0.25) is 5.82 Å². The maximum atomic E-state index is 12.6. The van der Waals surface area contributed by atoms with Crippen LogP contribution in [0.1, 0.15) is 10.4 Å². The Morgan fingerprint density at radius 1 is 1.00 bits per heavy atom. The number of carbonyl (C=O) groups is 1. The minimum Gasteiger partial charge on any atom is -0.334 e. The van der Waals surface area contributed by atoms with Gasteiger partial charge in [-0.25, -0.2) is 0 Å². The van der Waals surface area contributed by atoms with E-state index in [9.17, 15) is 4.79 Å². The summed E-state index contributed by atoms with van der Waals surface area (Å²) < 4.78 is 6.13. The first-order valence-electron chi connectivity index (χ1n) is 8.12. The first-order valence-corrected chi connectivity index (χ1v) is 8.91. The molecule has 1 amide bonds. The number of halogens is 1. The van der Waals surface area contributed by atoms with Crippen LogP contribution in [0.4, 0.5) is 5.69 Å². The van der Waals surface area contributed by atoms with Gasteiger partial charge in [0, 0.05) is 22.4 Å². The highest BCUT2D eigenvalue weighted by atomic mass is 79.9. The zero-order valence-corrected chi connectivity index (χ0v) is 15.6. The highest BCUT2D eigenvalue weighted by molar-refractivity contribution is 9.10. The van der Waals surface area contributed by atoms with Gasteiger partial charge < -0.3 is 9.84 Å². The fourth-order valence-corrected chi connectivity index (χ4v) is 3.02. The molecule has 27 heavy (non-hydrogen) atoms. The van der Waals surface area contributed by atoms with E-state index in [-0.39, 0.29) is 5.91 Å². The third-order valence-corrected chi connectivity index (χ3v) is 4.56. The largest absolute Gasteiger partial charge is 0.334 e. The number of para-hydroxylation sites is 1. The Morgan fingerprint density at radius 3 is 2.63 bits per heavy atom. The number of hydrogen-bond donors (Lipinski definition) is 1. The third kappa shape index (κ3) is 3.63. The molecule has 0 radical (unpaired) electrons. The number of hydrogen-bond acceptors (Lipinski definition) is 5. The van der Waals surface area contributed by atoms with Crippen molar-refractivity contribution in [3.05, 3.63) is 83.1 Å². The average molecular weight is 421 g/mol. The lowest BCUT2D eigenvalue weighted by atomic mass is 10.1. The number of rotatable bonds is 4. The van der Waals surface area contributed by atoms with Gasteiger partial charge in [-0.15, -0.1) is 0 Å². The van der Waals surface area contributed by atoms with Crippen LogP contribution in [-0.4, -0.2) is 21.0 Å². The number of nitrogens with zero attached hydrogens (tertiary/aromatic N) is 3. The summed E-state index contributed by atoms with van der Waals surface area (Å²) in [4.78, 5) is 21.1. The van der Waals surface area contributed by atoms with E-state index in [1.54, 1.807) is 30.6 Å². The van der Waals surface area contributed by atoms with E-state index in [2.05, 4.69) is 36.4 Å². The van der Waals surface area contributed by atoms with Gasteiger partial charge in [-0.1, -0.05) is 29.4 Å². The van der Waals surface area contributed by atoms with Crippen molar-refractivity contribution in [2.24, 2.45) is 0 Å². The standard InChI is InChI=1S/C20H13BrN4O2/c21-16-9-3-1-7-14(16)19(26)23-17-10-4-2-8-15(17)20-24-18(25-27-20)13-6-5-11-22-12-13/h1-12H,(H,23,26). The van der Waals surface area contributed by atoms with Gasteiger partial charge in [0.15, 0.2) is 0 Å². The van der Waals surface area contributed by atoms with Crippen LogP contribution < -0.4 is 5.32 Å². The summed E-state index contributed by atoms with van der Waals surface area (Å²) in [5.74, 6) is 0.517. The van der Waals surface area contributed by atoms with Crippen LogP contribution >= 0.6 is 15.9 Å². The molecule has 0 aliphatic carbocycles. The highest BCUT2D eigenvalue weighted by Gasteiger charge is 2.17. The molecular weight excluding hydrogens is 408 g/mol. The van der Waals surface area contributed by atoms with Gasteiger partial charge in [-0.2, -0.15) is 4.98 Å². The van der Waals surface area contributed by atoms with Crippen molar-refractivity contribution in [3.63, 3.8) is 0 Å². The minimum absolute atomic E-state index is 0.234. The van der Waals surface area contributed by atoms with Gasteiger partial charge in [-0.05, 0) is 52.3 Å². The van der Waals surface area contributed by atoms with Gasteiger partial charge in [0.05, 0.1) is 16.8 Å². The number of benzene rings is 2. The van der Waals surface area contributed by atoms with Crippen molar-refractivity contribution in [2.45, 2.75) is 0 Å². The summed E-state index contributed by atoms with van der Waals surface area (Å²) in [5.41, 5.74) is 2.51. The van der Waals surface area contributed by atoms with E-state index in [0.29, 0.717) is 28.5 Å². The van der Waals surface area contributed by atoms with Gasteiger partial charge in [0.25, 0.3) is 11.8 Å². The molecule has 0 aliphatic heterocycles. The fourth-order valence-electron chi connectivity index (χ4n) is 2.56. The minimum atomic E-state index is -0.234. The van der Waals surface area contributed by atoms with Crippen molar-refractivity contribution >= 4 is 27.5 Å². The van der Waals surface area contributed by atoms with Crippen LogP contribution in [0.2, 0.25) is 0 Å². The Labute approximate surface area is 163 Å². The van der Waals surface area contributed by atoms with Crippen molar-refractivity contribution < 1.29 is 9.32 Å². The van der Waals surface area contributed by atoms with Gasteiger partial charge >= 0.3 is 0 Å². The van der Waals surface area contributed by atoms with Crippen LogP contribution in [0.3, 0.4) is 0 Å². The lowest BCUT2D eigenvalue weighted by Crippen LogP contribution is -2.13. The number of aromatic nitrogens is 3. The molecular formula is C20H13BrN4O2. The molecule has 0 aliphatic rings. The Balaban J connectivity index is 1.65. The van der Waals surface area contributed by atoms with Crippen molar-refractivity contribution in [1.82, 2.24) is 15.1 Å². The predicted octanol–water partition coefficient (Wildman–Crippen LogP) is 4.81. The monoisotopic (exact) mass is 420 g/mol. The second-order valence-corrected chi connectivity index (χ2v) is 6.50. The number of carbonyl (C=O) groups excluding carboxylic acids is 1. The van der Waals surface area contributed by atoms with E-state index < -0.39 is 0 Å². The molecule has 2 aromatic carbocycles. The van der Waals surface area contributed by atoms with E-state index >= 15 is 0 Å². The molecule has 4 aromatic rings. The second kappa shape index (κ2) is 7.51. The SMILES string of the molecule is O=C(Nc1ccccc1-c1nc(-c2cccnc2)no1)c1ccccc1Br. The molecule has 2 aromatic heterocycles. The average Bonchev–Trinajstić information content (AvgIpc) is 3.19. The first-order chi connectivity index (χ1) is 13.2. The first kappa shape index (κ1) is 17.1. The molecule has 4 rings (SSSR count). The van der Waals surface area contributed by atoms with Crippen molar-refractivity contribution in [3.8, 4) is 22.8 Å². The summed E-state index contributed by atoms with van der Waals surface area (Å²) in [6, 6.07) is 18.2. The van der Waals surface area contributed by atoms with Crippen LogP contribution in [0.15, 0.2) is 82.1 Å². The van der Waals surface area contributed by atoms with Crippen LogP contribution in [-0.2, 0) is 0 Å². The highest BCUT2D eigenvalue weighted by Crippen LogP contribution is 2.29. The fraction of sp³-hybridized carbons (Fsp3) is 0. The van der Waals surface area contributed by atoms with E-state index in [1.807, 2.05) is 42.5 Å². The molecule has 0 atom stereocenters. The molecule has 0 spiro atoms. The quantitative estimate of drug-likeness (QED) is 0.511. The summed E-state index contributed by atoms with van der Waals surface area (Å²) in [5, 5.41) is 6.92. The molecule has 0 fully saturated rings. The van der Waals surface area contributed by atoms with Gasteiger partial charge in [-0.3, -0.25) is 9.78 Å². The van der Waals surface area contributed by atoms with Crippen molar-refractivity contribution in [1.29, 1.82) is 0 Å². The number of nitrogens with one attached hydrogen (secondary N) is 1. The Hall–Kier alpha value is -3.32.